The molecule has 17 heavy (non-hydrogen) atoms. The summed E-state index contributed by atoms with van der Waals surface area (Å²) in [6.07, 6.45) is 2.80. The highest BCUT2D eigenvalue weighted by molar-refractivity contribution is 9.11. The van der Waals surface area contributed by atoms with Crippen molar-refractivity contribution in [3.8, 4) is 0 Å². The topological polar surface area (TPSA) is 29.5 Å². The highest BCUT2D eigenvalue weighted by Gasteiger charge is 2.24. The number of hydrogen-bond acceptors (Lipinski definition) is 3. The van der Waals surface area contributed by atoms with E-state index in [9.17, 15) is 4.79 Å². The Kier molecular flexibility index (Phi) is 4.59. The number of thiophene rings is 1. The molecule has 1 aliphatic heterocycles. The lowest BCUT2D eigenvalue weighted by molar-refractivity contribution is -0.145. The highest BCUT2D eigenvalue weighted by atomic mass is 79.9. The van der Waals surface area contributed by atoms with Crippen LogP contribution in [0.15, 0.2) is 15.2 Å². The molecule has 0 radical (unpaired) electrons. The van der Waals surface area contributed by atoms with Gasteiger partial charge in [-0.05, 0) is 52.2 Å². The summed E-state index contributed by atoms with van der Waals surface area (Å²) in [5.41, 5.74) is 1.16. The molecular formula is C12H16BrNO2S. The molecule has 1 saturated heterocycles. The molecule has 1 fully saturated rings. The smallest absolute Gasteiger partial charge is 0.251 e. The summed E-state index contributed by atoms with van der Waals surface area (Å²) >= 11 is 5.07. The molecule has 1 unspecified atom stereocenters. The van der Waals surface area contributed by atoms with Crippen LogP contribution in [0.4, 0.5) is 0 Å². The molecule has 5 heteroatoms. The van der Waals surface area contributed by atoms with Crippen molar-refractivity contribution in [3.63, 3.8) is 0 Å². The fraction of sp³-hybridized carbons (Fsp3) is 0.583. The summed E-state index contributed by atoms with van der Waals surface area (Å²) in [5, 5.41) is 2.07. The molecule has 94 valence electrons. The maximum absolute atomic E-state index is 12.1. The maximum Gasteiger partial charge on any atom is 0.251 e. The van der Waals surface area contributed by atoms with E-state index in [0.717, 1.165) is 28.6 Å². The van der Waals surface area contributed by atoms with E-state index >= 15 is 0 Å². The maximum atomic E-state index is 12.1. The lowest BCUT2D eigenvalue weighted by Crippen LogP contribution is -2.39. The van der Waals surface area contributed by atoms with E-state index in [-0.39, 0.29) is 12.0 Å². The minimum Gasteiger partial charge on any atom is -0.368 e. The van der Waals surface area contributed by atoms with Crippen LogP contribution >= 0.6 is 27.3 Å². The molecule has 2 rings (SSSR count). The van der Waals surface area contributed by atoms with Gasteiger partial charge in [-0.3, -0.25) is 4.79 Å². The Morgan fingerprint density at radius 2 is 2.47 bits per heavy atom. The molecule has 0 aliphatic carbocycles. The van der Waals surface area contributed by atoms with Gasteiger partial charge in [0.15, 0.2) is 0 Å². The summed E-state index contributed by atoms with van der Waals surface area (Å²) in [7, 11) is 1.84. The van der Waals surface area contributed by atoms with Crippen LogP contribution in [0, 0.1) is 0 Å². The Hall–Kier alpha value is -0.390. The van der Waals surface area contributed by atoms with Crippen molar-refractivity contribution in [2.45, 2.75) is 31.9 Å². The number of halogens is 1. The Morgan fingerprint density at radius 3 is 3.06 bits per heavy atom. The number of carbonyl (C=O) groups is 1. The van der Waals surface area contributed by atoms with Crippen molar-refractivity contribution in [3.05, 3.63) is 20.8 Å². The number of hydrogen-bond donors (Lipinski definition) is 0. The van der Waals surface area contributed by atoms with Crippen LogP contribution < -0.4 is 0 Å². The van der Waals surface area contributed by atoms with Crippen LogP contribution in [-0.2, 0) is 16.1 Å². The second-order valence-corrected chi connectivity index (χ2v) is 6.60. The largest absolute Gasteiger partial charge is 0.368 e. The SMILES string of the molecule is CN(Cc1csc(Br)c1)C(=O)C1CCCCO1. The first-order chi connectivity index (χ1) is 8.16. The lowest BCUT2D eigenvalue weighted by Gasteiger charge is -2.26. The van der Waals surface area contributed by atoms with Crippen LogP contribution in [0.2, 0.25) is 0 Å². The van der Waals surface area contributed by atoms with E-state index in [1.807, 2.05) is 7.05 Å². The predicted octanol–water partition coefficient (Wildman–Crippen LogP) is 3.04. The first kappa shape index (κ1) is 13.1. The first-order valence-electron chi connectivity index (χ1n) is 5.76. The molecule has 1 aromatic heterocycles. The van der Waals surface area contributed by atoms with Crippen molar-refractivity contribution in [1.29, 1.82) is 0 Å². The van der Waals surface area contributed by atoms with Gasteiger partial charge in [0, 0.05) is 20.2 Å². The molecule has 1 atom stereocenters. The van der Waals surface area contributed by atoms with Crippen LogP contribution in [-0.4, -0.2) is 30.6 Å². The fourth-order valence-electron chi connectivity index (χ4n) is 1.96. The number of ether oxygens (including phenoxy) is 1. The van der Waals surface area contributed by atoms with Crippen molar-refractivity contribution in [1.82, 2.24) is 4.90 Å². The monoisotopic (exact) mass is 317 g/mol. The summed E-state index contributed by atoms with van der Waals surface area (Å²) in [5.74, 6) is 0.104. The number of carbonyl (C=O) groups excluding carboxylic acids is 1. The van der Waals surface area contributed by atoms with Gasteiger partial charge >= 0.3 is 0 Å². The normalized spacial score (nSPS) is 20.2. The van der Waals surface area contributed by atoms with Gasteiger partial charge in [-0.15, -0.1) is 11.3 Å². The second kappa shape index (κ2) is 5.98. The van der Waals surface area contributed by atoms with Gasteiger partial charge in [0.25, 0.3) is 5.91 Å². The lowest BCUT2D eigenvalue weighted by atomic mass is 10.1. The van der Waals surface area contributed by atoms with E-state index < -0.39 is 0 Å². The molecule has 0 bridgehead atoms. The third-order valence-corrected chi connectivity index (χ3v) is 4.43. The number of rotatable bonds is 3. The van der Waals surface area contributed by atoms with Crippen molar-refractivity contribution < 1.29 is 9.53 Å². The van der Waals surface area contributed by atoms with Crippen LogP contribution in [0.1, 0.15) is 24.8 Å². The molecule has 1 aliphatic rings. The van der Waals surface area contributed by atoms with Crippen molar-refractivity contribution in [2.24, 2.45) is 0 Å². The van der Waals surface area contributed by atoms with Gasteiger partial charge < -0.3 is 9.64 Å². The Bertz CT molecular complexity index is 388. The zero-order valence-electron chi connectivity index (χ0n) is 9.82. The van der Waals surface area contributed by atoms with Gasteiger partial charge in [0.05, 0.1) is 3.79 Å². The minimum atomic E-state index is -0.226. The van der Waals surface area contributed by atoms with Gasteiger partial charge in [-0.2, -0.15) is 0 Å². The molecule has 1 aromatic rings. The number of nitrogens with zero attached hydrogens (tertiary/aromatic N) is 1. The van der Waals surface area contributed by atoms with Crippen molar-refractivity contribution in [2.75, 3.05) is 13.7 Å². The van der Waals surface area contributed by atoms with E-state index in [1.54, 1.807) is 16.2 Å². The first-order valence-corrected chi connectivity index (χ1v) is 7.43. The summed E-state index contributed by atoms with van der Waals surface area (Å²) in [4.78, 5) is 13.9. The van der Waals surface area contributed by atoms with Crippen LogP contribution in [0.5, 0.6) is 0 Å². The van der Waals surface area contributed by atoms with Crippen LogP contribution in [0.25, 0.3) is 0 Å². The quantitative estimate of drug-likeness (QED) is 0.857. The number of likely N-dealkylation sites (N-methyl/N-ethyl adjacent to an activating group) is 1. The molecule has 2 heterocycles. The zero-order chi connectivity index (χ0) is 12.3. The standard InChI is InChI=1S/C12H16BrNO2S/c1-14(7-9-6-11(13)17-8-9)12(15)10-4-2-3-5-16-10/h6,8,10H,2-5,7H2,1H3. The van der Waals surface area contributed by atoms with Gasteiger partial charge in [-0.1, -0.05) is 0 Å². The second-order valence-electron chi connectivity index (χ2n) is 4.31. The molecule has 0 saturated carbocycles. The molecule has 1 amide bonds. The van der Waals surface area contributed by atoms with Crippen molar-refractivity contribution >= 4 is 33.2 Å². The highest BCUT2D eigenvalue weighted by Crippen LogP contribution is 2.22. The van der Waals surface area contributed by atoms with E-state index in [0.29, 0.717) is 13.2 Å². The molecule has 0 aromatic carbocycles. The Labute approximate surface area is 114 Å². The average Bonchev–Trinajstić information content (AvgIpc) is 2.75. The van der Waals surface area contributed by atoms with Gasteiger partial charge in [0.2, 0.25) is 0 Å². The summed E-state index contributed by atoms with van der Waals surface area (Å²) in [6.45, 7) is 1.37. The fourth-order valence-corrected chi connectivity index (χ4v) is 3.16. The molecular weight excluding hydrogens is 302 g/mol. The third-order valence-electron chi connectivity index (χ3n) is 2.87. The Morgan fingerprint density at radius 1 is 1.65 bits per heavy atom. The van der Waals surface area contributed by atoms with E-state index in [1.165, 1.54) is 0 Å². The summed E-state index contributed by atoms with van der Waals surface area (Å²) < 4.78 is 6.61. The average molecular weight is 318 g/mol. The van der Waals surface area contributed by atoms with Crippen LogP contribution in [0.3, 0.4) is 0 Å². The third kappa shape index (κ3) is 3.53. The minimum absolute atomic E-state index is 0.104. The van der Waals surface area contributed by atoms with E-state index in [4.69, 9.17) is 4.74 Å². The Balaban J connectivity index is 1.90. The summed E-state index contributed by atoms with van der Waals surface area (Å²) in [6, 6.07) is 2.05. The van der Waals surface area contributed by atoms with Gasteiger partial charge in [0.1, 0.15) is 6.10 Å². The molecule has 0 N–H and O–H groups in total. The molecule has 3 nitrogen and oxygen atoms in total. The predicted molar refractivity (Wildman–Crippen MR) is 72.1 cm³/mol. The molecule has 0 spiro atoms. The zero-order valence-corrected chi connectivity index (χ0v) is 12.2. The van der Waals surface area contributed by atoms with E-state index in [2.05, 4.69) is 27.4 Å². The number of amides is 1. The van der Waals surface area contributed by atoms with Gasteiger partial charge in [-0.25, -0.2) is 0 Å².